The first kappa shape index (κ1) is 19.5. The molecule has 0 heterocycles. The minimum absolute atomic E-state index is 0.142. The average Bonchev–Trinajstić information content (AvgIpc) is 2.67. The van der Waals surface area contributed by atoms with Crippen molar-refractivity contribution in [2.24, 2.45) is 5.10 Å². The summed E-state index contributed by atoms with van der Waals surface area (Å²) in [4.78, 5) is 24.1. The maximum absolute atomic E-state index is 12.1. The van der Waals surface area contributed by atoms with Gasteiger partial charge in [-0.05, 0) is 48.9 Å². The molecular formula is C19H20N2O4S. The van der Waals surface area contributed by atoms with Crippen LogP contribution in [0.5, 0.6) is 5.75 Å². The molecule has 0 aliphatic carbocycles. The first-order valence-electron chi connectivity index (χ1n) is 7.93. The lowest BCUT2D eigenvalue weighted by atomic mass is 10.2. The number of carbonyl (C=O) groups is 2. The third-order valence-electron chi connectivity index (χ3n) is 3.28. The van der Waals surface area contributed by atoms with Gasteiger partial charge in [0.1, 0.15) is 5.75 Å². The standard InChI is InChI=1S/C19H20N2O4S/c1-14(26-17-6-4-3-5-7-17)19(23)21-20-12-15-8-10-16(11-9-15)25-13-18(22)24-2/h3-12,14H,13H2,1-2H3,(H,21,23)/b20-12+. The van der Waals surface area contributed by atoms with Crippen LogP contribution in [0.4, 0.5) is 0 Å². The van der Waals surface area contributed by atoms with Crippen LogP contribution in [0.2, 0.25) is 0 Å². The van der Waals surface area contributed by atoms with Crippen LogP contribution < -0.4 is 10.2 Å². The van der Waals surface area contributed by atoms with E-state index in [1.165, 1.54) is 18.9 Å². The third-order valence-corrected chi connectivity index (χ3v) is 4.39. The van der Waals surface area contributed by atoms with Gasteiger partial charge in [-0.3, -0.25) is 4.79 Å². The average molecular weight is 372 g/mol. The molecule has 0 spiro atoms. The van der Waals surface area contributed by atoms with Crippen molar-refractivity contribution >= 4 is 29.9 Å². The molecule has 136 valence electrons. The Bertz CT molecular complexity index is 748. The summed E-state index contributed by atoms with van der Waals surface area (Å²) in [5.74, 6) is -0.0709. The Morgan fingerprint density at radius 2 is 1.85 bits per heavy atom. The molecule has 0 aliphatic rings. The van der Waals surface area contributed by atoms with E-state index in [9.17, 15) is 9.59 Å². The lowest BCUT2D eigenvalue weighted by molar-refractivity contribution is -0.142. The SMILES string of the molecule is COC(=O)COc1ccc(/C=N/NC(=O)C(C)Sc2ccccc2)cc1. The third kappa shape index (κ3) is 6.60. The number of esters is 1. The smallest absolute Gasteiger partial charge is 0.343 e. The quantitative estimate of drug-likeness (QED) is 0.334. The van der Waals surface area contributed by atoms with Gasteiger partial charge in [-0.1, -0.05) is 18.2 Å². The van der Waals surface area contributed by atoms with Crippen LogP contribution in [0.1, 0.15) is 12.5 Å². The molecular weight excluding hydrogens is 352 g/mol. The number of hydrogen-bond acceptors (Lipinski definition) is 6. The number of methoxy groups -OCH3 is 1. The molecule has 1 atom stereocenters. The first-order valence-corrected chi connectivity index (χ1v) is 8.81. The van der Waals surface area contributed by atoms with Gasteiger partial charge in [-0.25, -0.2) is 10.2 Å². The Morgan fingerprint density at radius 1 is 1.15 bits per heavy atom. The molecule has 7 heteroatoms. The number of carbonyl (C=O) groups excluding carboxylic acids is 2. The fourth-order valence-corrected chi connectivity index (χ4v) is 2.75. The Hall–Kier alpha value is -2.80. The number of amides is 1. The summed E-state index contributed by atoms with van der Waals surface area (Å²) in [5, 5.41) is 3.71. The maximum atomic E-state index is 12.1. The molecule has 0 saturated carbocycles. The Balaban J connectivity index is 1.80. The summed E-state index contributed by atoms with van der Waals surface area (Å²) in [7, 11) is 1.30. The Morgan fingerprint density at radius 3 is 2.50 bits per heavy atom. The molecule has 2 rings (SSSR count). The molecule has 1 unspecified atom stereocenters. The predicted octanol–water partition coefficient (Wildman–Crippen LogP) is 2.87. The van der Waals surface area contributed by atoms with E-state index in [0.29, 0.717) is 5.75 Å². The van der Waals surface area contributed by atoms with Crippen molar-refractivity contribution in [2.75, 3.05) is 13.7 Å². The Kier molecular flexibility index (Phi) is 7.70. The lowest BCUT2D eigenvalue weighted by Gasteiger charge is -2.09. The van der Waals surface area contributed by atoms with Crippen molar-refractivity contribution in [3.63, 3.8) is 0 Å². The van der Waals surface area contributed by atoms with Crippen LogP contribution in [-0.4, -0.2) is 37.1 Å². The van der Waals surface area contributed by atoms with E-state index in [-0.39, 0.29) is 17.8 Å². The monoisotopic (exact) mass is 372 g/mol. The lowest BCUT2D eigenvalue weighted by Crippen LogP contribution is -2.26. The first-order chi connectivity index (χ1) is 12.6. The number of hydrogen-bond donors (Lipinski definition) is 1. The largest absolute Gasteiger partial charge is 0.482 e. The molecule has 0 saturated heterocycles. The van der Waals surface area contributed by atoms with E-state index < -0.39 is 5.97 Å². The molecule has 1 N–H and O–H groups in total. The van der Waals surface area contributed by atoms with Crippen molar-refractivity contribution in [1.82, 2.24) is 5.43 Å². The number of benzene rings is 2. The highest BCUT2D eigenvalue weighted by Gasteiger charge is 2.13. The van der Waals surface area contributed by atoms with E-state index in [2.05, 4.69) is 15.3 Å². The predicted molar refractivity (Wildman–Crippen MR) is 101 cm³/mol. The molecule has 2 aromatic carbocycles. The molecule has 6 nitrogen and oxygen atoms in total. The number of nitrogens with one attached hydrogen (secondary N) is 1. The van der Waals surface area contributed by atoms with Crippen molar-refractivity contribution in [3.05, 3.63) is 60.2 Å². The molecule has 0 bridgehead atoms. The van der Waals surface area contributed by atoms with Gasteiger partial charge < -0.3 is 9.47 Å². The number of thioether (sulfide) groups is 1. The van der Waals surface area contributed by atoms with Crippen LogP contribution in [-0.2, 0) is 14.3 Å². The molecule has 26 heavy (non-hydrogen) atoms. The fourth-order valence-electron chi connectivity index (χ4n) is 1.87. The van der Waals surface area contributed by atoms with Crippen molar-refractivity contribution < 1.29 is 19.1 Å². The van der Waals surface area contributed by atoms with Gasteiger partial charge in [-0.2, -0.15) is 5.10 Å². The summed E-state index contributed by atoms with van der Waals surface area (Å²) in [6.07, 6.45) is 1.54. The van der Waals surface area contributed by atoms with Gasteiger partial charge in [0.05, 0.1) is 18.6 Å². The van der Waals surface area contributed by atoms with Gasteiger partial charge >= 0.3 is 5.97 Å². The molecule has 0 fully saturated rings. The van der Waals surface area contributed by atoms with Crippen molar-refractivity contribution in [1.29, 1.82) is 0 Å². The molecule has 0 radical (unpaired) electrons. The molecule has 0 aliphatic heterocycles. The second-order valence-electron chi connectivity index (χ2n) is 5.24. The van der Waals surface area contributed by atoms with Gasteiger partial charge in [0.15, 0.2) is 6.61 Å². The second-order valence-corrected chi connectivity index (χ2v) is 6.66. The highest BCUT2D eigenvalue weighted by molar-refractivity contribution is 8.00. The van der Waals surface area contributed by atoms with E-state index in [0.717, 1.165) is 10.5 Å². The van der Waals surface area contributed by atoms with Crippen molar-refractivity contribution in [3.8, 4) is 5.75 Å². The highest BCUT2D eigenvalue weighted by atomic mass is 32.2. The Labute approximate surface area is 156 Å². The van der Waals surface area contributed by atoms with Crippen LogP contribution in [0.3, 0.4) is 0 Å². The summed E-state index contributed by atoms with van der Waals surface area (Å²) >= 11 is 1.47. The topological polar surface area (TPSA) is 77.0 Å². The zero-order valence-electron chi connectivity index (χ0n) is 14.5. The fraction of sp³-hybridized carbons (Fsp3) is 0.211. The maximum Gasteiger partial charge on any atom is 0.343 e. The summed E-state index contributed by atoms with van der Waals surface area (Å²) in [5.41, 5.74) is 3.32. The van der Waals surface area contributed by atoms with Gasteiger partial charge in [0, 0.05) is 4.90 Å². The molecule has 2 aromatic rings. The summed E-state index contributed by atoms with van der Waals surface area (Å²) < 4.78 is 9.75. The van der Waals surface area contributed by atoms with Gasteiger partial charge in [-0.15, -0.1) is 11.8 Å². The molecule has 1 amide bonds. The highest BCUT2D eigenvalue weighted by Crippen LogP contribution is 2.22. The van der Waals surface area contributed by atoms with Gasteiger partial charge in [0.25, 0.3) is 5.91 Å². The normalized spacial score (nSPS) is 11.8. The zero-order chi connectivity index (χ0) is 18.8. The summed E-state index contributed by atoms with van der Waals surface area (Å²) in [6, 6.07) is 16.7. The van der Waals surface area contributed by atoms with Crippen LogP contribution in [0.15, 0.2) is 64.6 Å². The number of hydrazone groups is 1. The molecule has 0 aromatic heterocycles. The zero-order valence-corrected chi connectivity index (χ0v) is 15.4. The van der Waals surface area contributed by atoms with E-state index in [4.69, 9.17) is 4.74 Å². The van der Waals surface area contributed by atoms with E-state index >= 15 is 0 Å². The van der Waals surface area contributed by atoms with Crippen LogP contribution >= 0.6 is 11.8 Å². The second kappa shape index (κ2) is 10.2. The van der Waals surface area contributed by atoms with E-state index in [1.54, 1.807) is 30.5 Å². The van der Waals surface area contributed by atoms with Gasteiger partial charge in [0.2, 0.25) is 0 Å². The van der Waals surface area contributed by atoms with Crippen molar-refractivity contribution in [2.45, 2.75) is 17.1 Å². The number of ether oxygens (including phenoxy) is 2. The summed E-state index contributed by atoms with van der Waals surface area (Å²) in [6.45, 7) is 1.69. The minimum atomic E-state index is -0.444. The van der Waals surface area contributed by atoms with E-state index in [1.807, 2.05) is 37.3 Å². The number of nitrogens with zero attached hydrogens (tertiary/aromatic N) is 1. The van der Waals surface area contributed by atoms with Crippen LogP contribution in [0.25, 0.3) is 0 Å². The number of rotatable bonds is 8. The van der Waals surface area contributed by atoms with Crippen LogP contribution in [0, 0.1) is 0 Å². The minimum Gasteiger partial charge on any atom is -0.482 e.